The monoisotopic (exact) mass is 129 g/mol. The molecule has 5 heavy (non-hydrogen) atoms. The summed E-state index contributed by atoms with van der Waals surface area (Å²) in [6.45, 7) is 0. The third-order valence-corrected chi connectivity index (χ3v) is 1.10. The van der Waals surface area contributed by atoms with Gasteiger partial charge in [0.25, 0.3) is 0 Å². The molecule has 0 rings (SSSR count). The first kappa shape index (κ1) is 6.21. The molecule has 0 aliphatic heterocycles. The smallest absolute Gasteiger partial charge is 0.0887 e. The predicted molar refractivity (Wildman–Crippen MR) is 31.6 cm³/mol. The Morgan fingerprint density at radius 2 is 1.80 bits per heavy atom. The number of hydrogen-bond donors (Lipinski definition) is 1. The minimum Gasteiger partial charge on any atom is -0.275 e. The van der Waals surface area contributed by atoms with Crippen molar-refractivity contribution in [2.45, 2.75) is 0 Å². The lowest BCUT2D eigenvalue weighted by atomic mass is 13.6. The molecule has 0 amide bonds. The highest BCUT2D eigenvalue weighted by molar-refractivity contribution is 8.41. The van der Waals surface area contributed by atoms with E-state index in [-0.39, 0.29) is 0 Å². The molecular weight excluding hydrogens is 123 g/mol. The highest BCUT2D eigenvalue weighted by Crippen LogP contribution is 2.51. The summed E-state index contributed by atoms with van der Waals surface area (Å²) < 4.78 is 4.24. The number of rotatable bonds is 1. The van der Waals surface area contributed by atoms with Gasteiger partial charge < -0.3 is 0 Å². The average Bonchev–Trinajstić information content (AvgIpc) is 1.38. The first-order valence-electron chi connectivity index (χ1n) is 0.935. The van der Waals surface area contributed by atoms with Crippen LogP contribution in [0, 0.1) is 0 Å². The van der Waals surface area contributed by atoms with Crippen molar-refractivity contribution >= 4 is 25.4 Å². The lowest BCUT2D eigenvalue weighted by Crippen LogP contribution is -1.82. The van der Waals surface area contributed by atoms with Crippen molar-refractivity contribution in [3.63, 3.8) is 0 Å². The summed E-state index contributed by atoms with van der Waals surface area (Å²) in [4.78, 5) is 0. The molecule has 2 nitrogen and oxygen atoms in total. The molecule has 0 saturated heterocycles. The normalized spacial score (nSPS) is 9.60. The minimum absolute atomic E-state index is 0.487. The minimum atomic E-state index is -0.487. The SMILES string of the molecule is NOP(P)P. The molecule has 0 aromatic rings. The molecule has 0 aliphatic carbocycles. The van der Waals surface area contributed by atoms with Crippen LogP contribution < -0.4 is 5.90 Å². The molecule has 2 N–H and O–H groups in total. The summed E-state index contributed by atoms with van der Waals surface area (Å²) in [5, 5.41) is 0. The summed E-state index contributed by atoms with van der Waals surface area (Å²) in [6.07, 6.45) is 0. The van der Waals surface area contributed by atoms with E-state index in [4.69, 9.17) is 0 Å². The molecule has 0 aliphatic rings. The zero-order valence-electron chi connectivity index (χ0n) is 2.59. The lowest BCUT2D eigenvalue weighted by molar-refractivity contribution is 0.390. The lowest BCUT2D eigenvalue weighted by Gasteiger charge is -1.93. The van der Waals surface area contributed by atoms with Crippen molar-refractivity contribution in [2.24, 2.45) is 5.90 Å². The van der Waals surface area contributed by atoms with Gasteiger partial charge in [-0.15, -0.1) is 0 Å². The quantitative estimate of drug-likeness (QED) is 0.420. The highest BCUT2D eigenvalue weighted by Gasteiger charge is 1.80. The van der Waals surface area contributed by atoms with Crippen LogP contribution in [0.15, 0.2) is 0 Å². The Hall–Kier alpha value is 1.21. The van der Waals surface area contributed by atoms with Crippen molar-refractivity contribution in [3.05, 3.63) is 0 Å². The molecular formula is H6NOP3. The molecule has 32 valence electrons. The first-order chi connectivity index (χ1) is 2.27. The summed E-state index contributed by atoms with van der Waals surface area (Å²) in [5.41, 5.74) is 0. The van der Waals surface area contributed by atoms with E-state index < -0.39 is 7.53 Å². The molecule has 5 heteroatoms. The maximum atomic E-state index is 4.66. The van der Waals surface area contributed by atoms with Crippen LogP contribution in [-0.2, 0) is 4.62 Å². The fourth-order valence-electron chi connectivity index (χ4n) is 0. The Balaban J connectivity index is 2.54. The fourth-order valence-corrected chi connectivity index (χ4v) is 0. The van der Waals surface area contributed by atoms with Crippen LogP contribution in [0.4, 0.5) is 0 Å². The molecule has 0 heterocycles. The maximum Gasteiger partial charge on any atom is 0.0887 e. The van der Waals surface area contributed by atoms with Gasteiger partial charge >= 0.3 is 0 Å². The molecule has 0 radical (unpaired) electrons. The van der Waals surface area contributed by atoms with Crippen LogP contribution in [0.3, 0.4) is 0 Å². The zero-order valence-corrected chi connectivity index (χ0v) is 5.79. The summed E-state index contributed by atoms with van der Waals surface area (Å²) in [6, 6.07) is 0. The van der Waals surface area contributed by atoms with Crippen molar-refractivity contribution in [1.82, 2.24) is 0 Å². The summed E-state index contributed by atoms with van der Waals surface area (Å²) >= 11 is 0. The van der Waals surface area contributed by atoms with Crippen molar-refractivity contribution in [3.8, 4) is 0 Å². The zero-order chi connectivity index (χ0) is 4.28. The first-order valence-corrected chi connectivity index (χ1v) is 5.43. The topological polar surface area (TPSA) is 35.2 Å². The van der Waals surface area contributed by atoms with E-state index in [9.17, 15) is 0 Å². The molecule has 2 atom stereocenters. The van der Waals surface area contributed by atoms with Gasteiger partial charge in [0, 0.05) is 0 Å². The second kappa shape index (κ2) is 3.40. The van der Waals surface area contributed by atoms with E-state index in [1.54, 1.807) is 0 Å². The van der Waals surface area contributed by atoms with Crippen LogP contribution in [-0.4, -0.2) is 0 Å². The number of nitrogens with two attached hydrogens (primary N) is 1. The van der Waals surface area contributed by atoms with Gasteiger partial charge in [-0.05, 0) is 0 Å². The molecule has 0 spiro atoms. The Labute approximate surface area is 36.8 Å². The summed E-state index contributed by atoms with van der Waals surface area (Å²) in [7, 11) is 4.34. The largest absolute Gasteiger partial charge is 0.275 e. The van der Waals surface area contributed by atoms with Crippen molar-refractivity contribution in [2.75, 3.05) is 0 Å². The van der Waals surface area contributed by atoms with Gasteiger partial charge in [0.2, 0.25) is 0 Å². The molecule has 0 aromatic carbocycles. The average molecular weight is 129 g/mol. The van der Waals surface area contributed by atoms with Gasteiger partial charge in [0.1, 0.15) is 0 Å². The molecule has 0 saturated carbocycles. The second-order valence-corrected chi connectivity index (χ2v) is 6.24. The fraction of sp³-hybridized carbons (Fsp3) is 0. The third-order valence-electron chi connectivity index (χ3n) is 0.122. The third kappa shape index (κ3) is 5.21. The molecule has 0 bridgehead atoms. The van der Waals surface area contributed by atoms with Gasteiger partial charge in [-0.2, -0.15) is 0 Å². The van der Waals surface area contributed by atoms with E-state index in [1.807, 2.05) is 0 Å². The van der Waals surface area contributed by atoms with E-state index in [0.717, 1.165) is 0 Å². The molecule has 0 fully saturated rings. The van der Waals surface area contributed by atoms with Gasteiger partial charge in [-0.25, -0.2) is 5.90 Å². The van der Waals surface area contributed by atoms with Crippen LogP contribution in [0.2, 0.25) is 0 Å². The number of hydrogen-bond acceptors (Lipinski definition) is 2. The summed E-state index contributed by atoms with van der Waals surface area (Å²) in [5.74, 6) is 4.66. The van der Waals surface area contributed by atoms with Crippen molar-refractivity contribution in [1.29, 1.82) is 0 Å². The van der Waals surface area contributed by atoms with Crippen LogP contribution in [0.1, 0.15) is 0 Å². The van der Waals surface area contributed by atoms with E-state index >= 15 is 0 Å². The van der Waals surface area contributed by atoms with E-state index in [2.05, 4.69) is 28.4 Å². The second-order valence-electron chi connectivity index (χ2n) is 0.465. The van der Waals surface area contributed by atoms with Gasteiger partial charge in [-0.3, -0.25) is 4.62 Å². The van der Waals surface area contributed by atoms with Crippen LogP contribution in [0.25, 0.3) is 0 Å². The standard InChI is InChI=1S/H6NOP3/c1-2-5(3)4/h1,3-4H2. The maximum absolute atomic E-state index is 4.66. The Morgan fingerprint density at radius 3 is 1.80 bits per heavy atom. The Morgan fingerprint density at radius 1 is 1.60 bits per heavy atom. The van der Waals surface area contributed by atoms with Crippen LogP contribution >= 0.6 is 25.4 Å². The van der Waals surface area contributed by atoms with Crippen molar-refractivity contribution < 1.29 is 4.62 Å². The van der Waals surface area contributed by atoms with Gasteiger partial charge in [-0.1, -0.05) is 17.9 Å². The highest BCUT2D eigenvalue weighted by atomic mass is 32.4. The van der Waals surface area contributed by atoms with Gasteiger partial charge in [0.05, 0.1) is 7.53 Å². The Kier molecular flexibility index (Phi) is 4.23. The molecule has 2 unspecified atom stereocenters. The van der Waals surface area contributed by atoms with E-state index in [0.29, 0.717) is 0 Å². The Bertz CT molecular complexity index is 20.9. The molecule has 0 aromatic heterocycles. The van der Waals surface area contributed by atoms with Crippen LogP contribution in [0.5, 0.6) is 0 Å². The predicted octanol–water partition coefficient (Wildman–Crippen LogP) is 0.854. The van der Waals surface area contributed by atoms with Gasteiger partial charge in [0.15, 0.2) is 0 Å². The van der Waals surface area contributed by atoms with E-state index in [1.165, 1.54) is 0 Å².